The number of aryl methyl sites for hydroxylation is 2. The Bertz CT molecular complexity index is 1430. The van der Waals surface area contributed by atoms with E-state index in [9.17, 15) is 4.79 Å². The van der Waals surface area contributed by atoms with Gasteiger partial charge in [0.2, 0.25) is 0 Å². The third-order valence-electron chi connectivity index (χ3n) is 6.00. The molecule has 0 bridgehead atoms. The molecule has 11 heteroatoms. The normalized spacial score (nSPS) is 11.8. The molecule has 0 amide bonds. The highest BCUT2D eigenvalue weighted by Crippen LogP contribution is 2.29. The van der Waals surface area contributed by atoms with Crippen molar-refractivity contribution in [3.63, 3.8) is 0 Å². The van der Waals surface area contributed by atoms with E-state index in [0.29, 0.717) is 42.5 Å². The summed E-state index contributed by atoms with van der Waals surface area (Å²) >= 11 is 0. The molecule has 3 heterocycles. The fourth-order valence-electron chi connectivity index (χ4n) is 4.45. The van der Waals surface area contributed by atoms with Crippen LogP contribution in [0, 0.1) is 6.92 Å². The van der Waals surface area contributed by atoms with Crippen molar-refractivity contribution < 1.29 is 4.74 Å². The van der Waals surface area contributed by atoms with Gasteiger partial charge in [-0.3, -0.25) is 4.79 Å². The van der Waals surface area contributed by atoms with Crippen LogP contribution in [0.2, 0.25) is 0 Å². The first kappa shape index (κ1) is 26.5. The van der Waals surface area contributed by atoms with E-state index in [1.165, 1.54) is 0 Å². The van der Waals surface area contributed by atoms with Gasteiger partial charge in [-0.25, -0.2) is 14.2 Å². The highest BCUT2D eigenvalue weighted by Gasteiger charge is 2.19. The van der Waals surface area contributed by atoms with Crippen molar-refractivity contribution in [3.8, 4) is 17.1 Å². The highest BCUT2D eigenvalue weighted by atomic mass is 16.5. The first-order chi connectivity index (χ1) is 17.7. The van der Waals surface area contributed by atoms with Crippen LogP contribution in [0.25, 0.3) is 16.9 Å². The summed E-state index contributed by atoms with van der Waals surface area (Å²) in [6, 6.07) is 5.95. The Balaban J connectivity index is 1.79. The molecule has 11 nitrogen and oxygen atoms in total. The van der Waals surface area contributed by atoms with Crippen molar-refractivity contribution in [2.24, 2.45) is 0 Å². The van der Waals surface area contributed by atoms with Crippen LogP contribution in [-0.4, -0.2) is 79.2 Å². The van der Waals surface area contributed by atoms with Crippen LogP contribution in [0.3, 0.4) is 0 Å². The van der Waals surface area contributed by atoms with E-state index in [1.807, 2.05) is 64.9 Å². The quantitative estimate of drug-likeness (QED) is 0.330. The fourth-order valence-corrected chi connectivity index (χ4v) is 4.45. The van der Waals surface area contributed by atoms with E-state index in [1.54, 1.807) is 4.52 Å². The SMILES string of the molecule is CCCc1nc(C)c2c(=O)[nH]c(-c3cc(Cn4nnc(CN(C)C)c4CN(C)C)ccc3OCC)nn12. The first-order valence-corrected chi connectivity index (χ1v) is 12.7. The second kappa shape index (κ2) is 11.2. The Kier molecular flexibility index (Phi) is 8.03. The molecule has 37 heavy (non-hydrogen) atoms. The standard InChI is InChI=1S/C26H37N9O2/c1-8-10-23-27-17(3)24-26(36)28-25(30-35(23)24)19-13-18(11-12-22(19)37-9-2)14-34-21(16-33(6)7)20(29-31-34)15-32(4)5/h11-13H,8-10,14-16H2,1-7H3,(H,28,30,36). The molecule has 0 unspecified atom stereocenters. The number of hydrogen-bond donors (Lipinski definition) is 1. The van der Waals surface area contributed by atoms with Gasteiger partial charge in [-0.15, -0.1) is 10.2 Å². The maximum Gasteiger partial charge on any atom is 0.277 e. The number of rotatable bonds is 11. The van der Waals surface area contributed by atoms with Crippen molar-refractivity contribution in [3.05, 3.63) is 57.0 Å². The van der Waals surface area contributed by atoms with E-state index >= 15 is 0 Å². The number of ether oxygens (including phenoxy) is 1. The third-order valence-corrected chi connectivity index (χ3v) is 6.00. The summed E-state index contributed by atoms with van der Waals surface area (Å²) in [5.74, 6) is 1.88. The lowest BCUT2D eigenvalue weighted by Gasteiger charge is -2.16. The number of H-pyrrole nitrogens is 1. The lowest BCUT2D eigenvalue weighted by Crippen LogP contribution is -2.19. The molecule has 0 radical (unpaired) electrons. The average Bonchev–Trinajstić information content (AvgIpc) is 3.34. The van der Waals surface area contributed by atoms with Gasteiger partial charge in [0.25, 0.3) is 5.56 Å². The van der Waals surface area contributed by atoms with E-state index in [2.05, 4.69) is 37.0 Å². The van der Waals surface area contributed by atoms with E-state index in [-0.39, 0.29) is 5.56 Å². The minimum absolute atomic E-state index is 0.219. The summed E-state index contributed by atoms with van der Waals surface area (Å²) < 4.78 is 9.54. The van der Waals surface area contributed by atoms with Crippen LogP contribution in [0.15, 0.2) is 23.0 Å². The van der Waals surface area contributed by atoms with Gasteiger partial charge in [0, 0.05) is 19.5 Å². The molecular weight excluding hydrogens is 470 g/mol. The van der Waals surface area contributed by atoms with Crippen molar-refractivity contribution in [1.82, 2.24) is 44.4 Å². The Morgan fingerprint density at radius 1 is 1.08 bits per heavy atom. The Labute approximate surface area is 217 Å². The zero-order valence-corrected chi connectivity index (χ0v) is 22.9. The topological polar surface area (TPSA) is 109 Å². The largest absolute Gasteiger partial charge is 0.493 e. The van der Waals surface area contributed by atoms with Crippen molar-refractivity contribution in [2.45, 2.75) is 53.2 Å². The molecule has 1 aromatic carbocycles. The summed E-state index contributed by atoms with van der Waals surface area (Å²) in [7, 11) is 8.12. The lowest BCUT2D eigenvalue weighted by atomic mass is 10.1. The maximum atomic E-state index is 13.1. The van der Waals surface area contributed by atoms with E-state index < -0.39 is 0 Å². The summed E-state index contributed by atoms with van der Waals surface area (Å²) in [4.78, 5) is 24.8. The first-order valence-electron chi connectivity index (χ1n) is 12.7. The minimum atomic E-state index is -0.219. The predicted molar refractivity (Wildman–Crippen MR) is 143 cm³/mol. The van der Waals surface area contributed by atoms with Gasteiger partial charge in [0.05, 0.1) is 30.1 Å². The molecular formula is C26H37N9O2. The van der Waals surface area contributed by atoms with Crippen LogP contribution in [0.5, 0.6) is 5.75 Å². The molecule has 4 rings (SSSR count). The molecule has 1 N–H and O–H groups in total. The van der Waals surface area contributed by atoms with Crippen molar-refractivity contribution >= 4 is 5.52 Å². The monoisotopic (exact) mass is 507 g/mol. The number of aromatic nitrogens is 7. The zero-order valence-electron chi connectivity index (χ0n) is 22.9. The van der Waals surface area contributed by atoms with Gasteiger partial charge in [-0.1, -0.05) is 18.2 Å². The summed E-state index contributed by atoms with van der Waals surface area (Å²) in [6.07, 6.45) is 1.64. The second-order valence-corrected chi connectivity index (χ2v) is 9.81. The maximum absolute atomic E-state index is 13.1. The van der Waals surface area contributed by atoms with Crippen LogP contribution in [-0.2, 0) is 26.1 Å². The van der Waals surface area contributed by atoms with Gasteiger partial charge in [0.1, 0.15) is 17.3 Å². The molecule has 0 aliphatic heterocycles. The van der Waals surface area contributed by atoms with Gasteiger partial charge < -0.3 is 19.5 Å². The molecule has 0 saturated heterocycles. The number of hydrogen-bond acceptors (Lipinski definition) is 8. The molecule has 0 saturated carbocycles. The number of nitrogens with one attached hydrogen (secondary N) is 1. The number of nitrogens with zero attached hydrogens (tertiary/aromatic N) is 8. The molecule has 0 aliphatic carbocycles. The number of imidazole rings is 1. The van der Waals surface area contributed by atoms with Crippen molar-refractivity contribution in [2.75, 3.05) is 34.8 Å². The Morgan fingerprint density at radius 2 is 1.84 bits per heavy atom. The fraction of sp³-hybridized carbons (Fsp3) is 0.500. The molecule has 4 aromatic rings. The van der Waals surface area contributed by atoms with Crippen LogP contribution in [0.1, 0.15) is 48.7 Å². The lowest BCUT2D eigenvalue weighted by molar-refractivity contribution is 0.341. The van der Waals surface area contributed by atoms with Crippen LogP contribution < -0.4 is 10.3 Å². The van der Waals surface area contributed by atoms with Gasteiger partial charge in [-0.05, 0) is 66.2 Å². The smallest absolute Gasteiger partial charge is 0.277 e. The summed E-state index contributed by atoms with van der Waals surface area (Å²) in [6.45, 7) is 8.32. The summed E-state index contributed by atoms with van der Waals surface area (Å²) in [5.41, 5.74) is 4.68. The van der Waals surface area contributed by atoms with Gasteiger partial charge >= 0.3 is 0 Å². The summed E-state index contributed by atoms with van der Waals surface area (Å²) in [5, 5.41) is 13.7. The van der Waals surface area contributed by atoms with Crippen LogP contribution >= 0.6 is 0 Å². The molecule has 0 fully saturated rings. The molecule has 0 aliphatic rings. The molecule has 0 spiro atoms. The average molecular weight is 508 g/mol. The third kappa shape index (κ3) is 5.72. The minimum Gasteiger partial charge on any atom is -0.493 e. The van der Waals surface area contributed by atoms with Crippen molar-refractivity contribution in [1.29, 1.82) is 0 Å². The molecule has 0 atom stereocenters. The number of fused-ring (bicyclic) bond motifs is 1. The van der Waals surface area contributed by atoms with E-state index in [0.717, 1.165) is 47.7 Å². The van der Waals surface area contributed by atoms with Gasteiger partial charge in [0.15, 0.2) is 11.3 Å². The number of aromatic amines is 1. The second-order valence-electron chi connectivity index (χ2n) is 9.81. The Hall–Kier alpha value is -3.57. The van der Waals surface area contributed by atoms with E-state index in [4.69, 9.17) is 9.84 Å². The van der Waals surface area contributed by atoms with Crippen LogP contribution in [0.4, 0.5) is 0 Å². The molecule has 3 aromatic heterocycles. The van der Waals surface area contributed by atoms with Gasteiger partial charge in [-0.2, -0.15) is 0 Å². The molecule has 198 valence electrons. The highest BCUT2D eigenvalue weighted by molar-refractivity contribution is 5.66. The Morgan fingerprint density at radius 3 is 2.51 bits per heavy atom. The number of benzene rings is 1. The zero-order chi connectivity index (χ0) is 26.7. The predicted octanol–water partition coefficient (Wildman–Crippen LogP) is 2.51.